The molecule has 1 atom stereocenters. The van der Waals surface area contributed by atoms with Crippen LogP contribution in [0.15, 0.2) is 65.7 Å². The van der Waals surface area contributed by atoms with Crippen LogP contribution in [0.25, 0.3) is 0 Å². The van der Waals surface area contributed by atoms with E-state index in [9.17, 15) is 9.59 Å². The number of carbonyl (C=O) groups is 1. The zero-order valence-corrected chi connectivity index (χ0v) is 12.4. The summed E-state index contributed by atoms with van der Waals surface area (Å²) in [4.78, 5) is 26.2. The van der Waals surface area contributed by atoms with E-state index in [0.717, 1.165) is 5.56 Å². The molecule has 0 heterocycles. The first-order valence-corrected chi connectivity index (χ1v) is 7.03. The summed E-state index contributed by atoms with van der Waals surface area (Å²) >= 11 is 0. The van der Waals surface area contributed by atoms with Gasteiger partial charge >= 0.3 is 5.97 Å². The van der Waals surface area contributed by atoms with Gasteiger partial charge < -0.3 is 4.74 Å². The fourth-order valence-corrected chi connectivity index (χ4v) is 2.20. The molecule has 2 aromatic carbocycles. The molecule has 0 fully saturated rings. The van der Waals surface area contributed by atoms with Crippen LogP contribution in [0.1, 0.15) is 29.3 Å². The highest BCUT2D eigenvalue weighted by Crippen LogP contribution is 2.30. The van der Waals surface area contributed by atoms with E-state index in [1.54, 1.807) is 24.3 Å². The van der Waals surface area contributed by atoms with Crippen LogP contribution >= 0.6 is 0 Å². The van der Waals surface area contributed by atoms with E-state index in [1.165, 1.54) is 6.08 Å². The summed E-state index contributed by atoms with van der Waals surface area (Å²) in [5.41, 5.74) is 0.498. The lowest BCUT2D eigenvalue weighted by Crippen LogP contribution is -2.30. The zero-order chi connectivity index (χ0) is 15.8. The molecule has 0 spiro atoms. The molecule has 1 unspecified atom stereocenters. The first-order valence-electron chi connectivity index (χ1n) is 7.03. The van der Waals surface area contributed by atoms with Crippen molar-refractivity contribution < 1.29 is 14.3 Å². The summed E-state index contributed by atoms with van der Waals surface area (Å²) in [5, 5.41) is 0. The van der Waals surface area contributed by atoms with Crippen LogP contribution in [0.3, 0.4) is 0 Å². The molecule has 0 saturated heterocycles. The third-order valence-corrected chi connectivity index (χ3v) is 3.48. The lowest BCUT2D eigenvalue weighted by molar-refractivity contribution is -0.0151. The molecule has 0 saturated carbocycles. The van der Waals surface area contributed by atoms with Gasteiger partial charge in [-0.2, -0.15) is 0 Å². The molecule has 2 rings (SSSR count). The second kappa shape index (κ2) is 7.34. The van der Waals surface area contributed by atoms with E-state index in [2.05, 4.69) is 4.99 Å². The topological polar surface area (TPSA) is 55.7 Å². The van der Waals surface area contributed by atoms with E-state index >= 15 is 0 Å². The standard InChI is InChI=1S/C18H17NO3/c1-18(12-13-19-14-20,16-10-6-3-7-11-16)22-17(21)15-8-4-2-5-9-15/h2-11H,12-13H2,1H3. The average molecular weight is 295 g/mol. The minimum Gasteiger partial charge on any atom is -0.451 e. The Balaban J connectivity index is 2.24. The number of isocyanates is 1. The SMILES string of the molecule is CC(CCN=C=O)(OC(=O)c1ccccc1)c1ccccc1. The molecule has 4 nitrogen and oxygen atoms in total. The maximum absolute atomic E-state index is 12.3. The predicted octanol–water partition coefficient (Wildman–Crippen LogP) is 3.48. The van der Waals surface area contributed by atoms with Crippen LogP contribution in [0, 0.1) is 0 Å². The molecular formula is C18H17NO3. The molecule has 2 aromatic rings. The third kappa shape index (κ3) is 3.90. The van der Waals surface area contributed by atoms with Crippen molar-refractivity contribution in [2.45, 2.75) is 18.9 Å². The summed E-state index contributed by atoms with van der Waals surface area (Å²) in [6, 6.07) is 18.3. The fraction of sp³-hybridized carbons (Fsp3) is 0.222. The third-order valence-electron chi connectivity index (χ3n) is 3.48. The van der Waals surface area contributed by atoms with Crippen LogP contribution < -0.4 is 0 Å². The molecule has 4 heteroatoms. The molecule has 0 aliphatic rings. The highest BCUT2D eigenvalue weighted by Gasteiger charge is 2.31. The molecule has 22 heavy (non-hydrogen) atoms. The lowest BCUT2D eigenvalue weighted by atomic mass is 9.92. The quantitative estimate of drug-likeness (QED) is 0.466. The van der Waals surface area contributed by atoms with Crippen molar-refractivity contribution in [3.05, 3.63) is 71.8 Å². The van der Waals surface area contributed by atoms with Crippen molar-refractivity contribution in [3.8, 4) is 0 Å². The summed E-state index contributed by atoms with van der Waals surface area (Å²) in [5.74, 6) is -0.401. The molecule has 112 valence electrons. The Morgan fingerprint density at radius 3 is 2.27 bits per heavy atom. The van der Waals surface area contributed by atoms with Gasteiger partial charge in [0.2, 0.25) is 6.08 Å². The number of nitrogens with zero attached hydrogens (tertiary/aromatic N) is 1. The lowest BCUT2D eigenvalue weighted by Gasteiger charge is -2.29. The maximum atomic E-state index is 12.3. The molecule has 0 aliphatic carbocycles. The van der Waals surface area contributed by atoms with E-state index in [0.29, 0.717) is 12.0 Å². The Kier molecular flexibility index (Phi) is 5.23. The van der Waals surface area contributed by atoms with Gasteiger partial charge in [0.1, 0.15) is 5.60 Å². The molecule has 0 N–H and O–H groups in total. The van der Waals surface area contributed by atoms with Gasteiger partial charge in [-0.25, -0.2) is 14.6 Å². The van der Waals surface area contributed by atoms with Crippen molar-refractivity contribution in [2.75, 3.05) is 6.54 Å². The number of rotatable bonds is 6. The molecule has 0 bridgehead atoms. The van der Waals surface area contributed by atoms with Gasteiger partial charge in [0.25, 0.3) is 0 Å². The first-order chi connectivity index (χ1) is 10.7. The molecule has 0 aromatic heterocycles. The highest BCUT2D eigenvalue weighted by atomic mass is 16.6. The number of esters is 1. The van der Waals surface area contributed by atoms with E-state index in [-0.39, 0.29) is 6.54 Å². The first kappa shape index (κ1) is 15.7. The van der Waals surface area contributed by atoms with Crippen LogP contribution in [0.5, 0.6) is 0 Å². The fourth-order valence-electron chi connectivity index (χ4n) is 2.20. The van der Waals surface area contributed by atoms with Crippen molar-refractivity contribution in [3.63, 3.8) is 0 Å². The maximum Gasteiger partial charge on any atom is 0.339 e. The van der Waals surface area contributed by atoms with Crippen LogP contribution in [-0.4, -0.2) is 18.6 Å². The summed E-state index contributed by atoms with van der Waals surface area (Å²) < 4.78 is 5.73. The number of ether oxygens (including phenoxy) is 1. The Hall–Kier alpha value is -2.71. The van der Waals surface area contributed by atoms with Gasteiger partial charge in [-0.15, -0.1) is 0 Å². The van der Waals surface area contributed by atoms with Gasteiger partial charge in [0, 0.05) is 6.42 Å². The van der Waals surface area contributed by atoms with Crippen LogP contribution in [-0.2, 0) is 15.1 Å². The Bertz CT molecular complexity index is 663. The highest BCUT2D eigenvalue weighted by molar-refractivity contribution is 5.89. The smallest absolute Gasteiger partial charge is 0.339 e. The second-order valence-corrected chi connectivity index (χ2v) is 5.08. The van der Waals surface area contributed by atoms with E-state index in [1.807, 2.05) is 43.3 Å². The summed E-state index contributed by atoms with van der Waals surface area (Å²) in [7, 11) is 0. The largest absolute Gasteiger partial charge is 0.451 e. The Labute approximate surface area is 129 Å². The number of aliphatic imine (C=N–C) groups is 1. The van der Waals surface area contributed by atoms with Crippen molar-refractivity contribution in [2.24, 2.45) is 4.99 Å². The number of benzene rings is 2. The van der Waals surface area contributed by atoms with Gasteiger partial charge in [-0.3, -0.25) is 0 Å². The van der Waals surface area contributed by atoms with Crippen molar-refractivity contribution in [1.29, 1.82) is 0 Å². The van der Waals surface area contributed by atoms with Crippen LogP contribution in [0.4, 0.5) is 0 Å². The average Bonchev–Trinajstić information content (AvgIpc) is 2.57. The minimum absolute atomic E-state index is 0.247. The van der Waals surface area contributed by atoms with Crippen LogP contribution in [0.2, 0.25) is 0 Å². The Morgan fingerprint density at radius 2 is 1.68 bits per heavy atom. The molecular weight excluding hydrogens is 278 g/mol. The van der Waals surface area contributed by atoms with Gasteiger partial charge in [0.05, 0.1) is 12.1 Å². The zero-order valence-electron chi connectivity index (χ0n) is 12.4. The normalized spacial score (nSPS) is 12.8. The summed E-state index contributed by atoms with van der Waals surface area (Å²) in [6.45, 7) is 2.07. The predicted molar refractivity (Wildman–Crippen MR) is 83.3 cm³/mol. The van der Waals surface area contributed by atoms with Gasteiger partial charge in [0.15, 0.2) is 0 Å². The van der Waals surface area contributed by atoms with Gasteiger partial charge in [-0.05, 0) is 24.6 Å². The molecule has 0 aliphatic heterocycles. The number of hydrogen-bond acceptors (Lipinski definition) is 4. The van der Waals surface area contributed by atoms with Gasteiger partial charge in [-0.1, -0.05) is 48.5 Å². The minimum atomic E-state index is -0.853. The summed E-state index contributed by atoms with van der Waals surface area (Å²) in [6.07, 6.45) is 1.92. The number of carbonyl (C=O) groups excluding carboxylic acids is 2. The monoisotopic (exact) mass is 295 g/mol. The van der Waals surface area contributed by atoms with Crippen molar-refractivity contribution in [1.82, 2.24) is 0 Å². The molecule has 0 amide bonds. The second-order valence-electron chi connectivity index (χ2n) is 5.08. The Morgan fingerprint density at radius 1 is 1.09 bits per heavy atom. The van der Waals surface area contributed by atoms with E-state index in [4.69, 9.17) is 4.74 Å². The van der Waals surface area contributed by atoms with E-state index < -0.39 is 11.6 Å². The molecule has 0 radical (unpaired) electrons. The van der Waals surface area contributed by atoms with Crippen molar-refractivity contribution >= 4 is 12.0 Å². The number of hydrogen-bond donors (Lipinski definition) is 0.